The van der Waals surface area contributed by atoms with Crippen molar-refractivity contribution in [3.63, 3.8) is 0 Å². The van der Waals surface area contributed by atoms with E-state index < -0.39 is 5.41 Å². The van der Waals surface area contributed by atoms with E-state index in [1.807, 2.05) is 4.90 Å². The Hall–Kier alpha value is -0.680. The van der Waals surface area contributed by atoms with E-state index in [9.17, 15) is 4.79 Å². The van der Waals surface area contributed by atoms with Gasteiger partial charge in [0.2, 0.25) is 5.91 Å². The summed E-state index contributed by atoms with van der Waals surface area (Å²) < 4.78 is 5.81. The van der Waals surface area contributed by atoms with E-state index in [1.165, 1.54) is 6.42 Å². The summed E-state index contributed by atoms with van der Waals surface area (Å²) in [6.07, 6.45) is 8.49. The number of hydrogen-bond acceptors (Lipinski definition) is 3. The van der Waals surface area contributed by atoms with Crippen molar-refractivity contribution in [2.75, 3.05) is 13.2 Å². The number of amides is 1. The van der Waals surface area contributed by atoms with Crippen molar-refractivity contribution < 1.29 is 9.53 Å². The number of carbonyl (C=O) groups excluding carboxylic acids is 1. The van der Waals surface area contributed by atoms with Crippen LogP contribution in [-0.2, 0) is 9.53 Å². The van der Waals surface area contributed by atoms with E-state index in [2.05, 4.69) is 0 Å². The van der Waals surface area contributed by atoms with Gasteiger partial charge in [-0.15, -0.1) is 0 Å². The van der Waals surface area contributed by atoms with Gasteiger partial charge in [0, 0.05) is 6.54 Å². The average molecular weight is 296 g/mol. The fourth-order valence-corrected chi connectivity index (χ4v) is 4.47. The van der Waals surface area contributed by atoms with Crippen LogP contribution in [0.3, 0.4) is 0 Å². The van der Waals surface area contributed by atoms with Gasteiger partial charge < -0.3 is 15.4 Å². The predicted octanol–water partition coefficient (Wildman–Crippen LogP) is 2.00. The maximum absolute atomic E-state index is 13.2. The molecule has 0 radical (unpaired) electrons. The molecular weight excluding hydrogens is 272 g/mol. The highest BCUT2D eigenvalue weighted by Gasteiger charge is 2.48. The second kappa shape index (κ2) is 5.60. The third-order valence-corrected chi connectivity index (χ3v) is 5.72. The Bertz CT molecular complexity index is 407. The molecule has 2 atom stereocenters. The second-order valence-corrected chi connectivity index (χ2v) is 6.85. The zero-order chi connectivity index (χ0) is 14.2. The molecule has 20 heavy (non-hydrogen) atoms. The van der Waals surface area contributed by atoms with E-state index in [1.54, 1.807) is 0 Å². The lowest BCUT2D eigenvalue weighted by Crippen LogP contribution is -2.59. The third kappa shape index (κ3) is 2.25. The molecule has 3 fully saturated rings. The van der Waals surface area contributed by atoms with Gasteiger partial charge in [-0.1, -0.05) is 31.5 Å². The monoisotopic (exact) mass is 296 g/mol. The summed E-state index contributed by atoms with van der Waals surface area (Å²) >= 11 is 5.29. The Morgan fingerprint density at radius 2 is 1.95 bits per heavy atom. The summed E-state index contributed by atoms with van der Waals surface area (Å²) in [4.78, 5) is 15.6. The first-order valence-corrected chi connectivity index (χ1v) is 8.28. The lowest BCUT2D eigenvalue weighted by Gasteiger charge is -2.44. The molecule has 0 spiro atoms. The molecule has 0 aromatic heterocycles. The van der Waals surface area contributed by atoms with Crippen LogP contribution in [0.2, 0.25) is 0 Å². The van der Waals surface area contributed by atoms with Crippen LogP contribution in [0.15, 0.2) is 0 Å². The van der Waals surface area contributed by atoms with Gasteiger partial charge in [0.1, 0.15) is 0 Å². The van der Waals surface area contributed by atoms with Gasteiger partial charge in [0.15, 0.2) is 0 Å². The Morgan fingerprint density at radius 3 is 2.65 bits per heavy atom. The van der Waals surface area contributed by atoms with Crippen molar-refractivity contribution in [3.05, 3.63) is 0 Å². The number of fused-ring (bicyclic) bond motifs is 1. The molecule has 0 aromatic rings. The average Bonchev–Trinajstić information content (AvgIpc) is 2.95. The maximum Gasteiger partial charge on any atom is 0.236 e. The van der Waals surface area contributed by atoms with E-state index in [4.69, 9.17) is 22.7 Å². The molecule has 1 saturated heterocycles. The van der Waals surface area contributed by atoms with Crippen LogP contribution in [0.5, 0.6) is 0 Å². The molecule has 5 heteroatoms. The molecule has 1 amide bonds. The van der Waals surface area contributed by atoms with Crippen molar-refractivity contribution in [1.29, 1.82) is 0 Å². The van der Waals surface area contributed by atoms with Gasteiger partial charge in [0.25, 0.3) is 0 Å². The fourth-order valence-electron chi connectivity index (χ4n) is 4.17. The minimum atomic E-state index is -0.571. The molecule has 3 rings (SSSR count). The summed E-state index contributed by atoms with van der Waals surface area (Å²) in [5.41, 5.74) is 5.43. The lowest BCUT2D eigenvalue weighted by molar-refractivity contribution is -0.152. The summed E-state index contributed by atoms with van der Waals surface area (Å²) in [5.74, 6) is 0.185. The van der Waals surface area contributed by atoms with E-state index in [0.29, 0.717) is 18.1 Å². The van der Waals surface area contributed by atoms with Gasteiger partial charge in [-0.25, -0.2) is 0 Å². The molecular formula is C15H24N2O2S. The highest BCUT2D eigenvalue weighted by atomic mass is 32.1. The van der Waals surface area contributed by atoms with Crippen LogP contribution in [0.1, 0.15) is 51.4 Å². The summed E-state index contributed by atoms with van der Waals surface area (Å²) in [7, 11) is 0. The van der Waals surface area contributed by atoms with Gasteiger partial charge in [-0.05, 0) is 32.1 Å². The van der Waals surface area contributed by atoms with Crippen LogP contribution in [-0.4, -0.2) is 41.1 Å². The van der Waals surface area contributed by atoms with Crippen molar-refractivity contribution >= 4 is 23.1 Å². The number of nitrogens with zero attached hydrogens (tertiary/aromatic N) is 1. The first kappa shape index (κ1) is 14.3. The minimum Gasteiger partial charge on any atom is -0.392 e. The highest BCUT2D eigenvalue weighted by molar-refractivity contribution is 7.80. The van der Waals surface area contributed by atoms with Crippen LogP contribution in [0, 0.1) is 5.41 Å². The molecule has 112 valence electrons. The van der Waals surface area contributed by atoms with Gasteiger partial charge in [0.05, 0.1) is 29.2 Å². The predicted molar refractivity (Wildman–Crippen MR) is 81.4 cm³/mol. The largest absolute Gasteiger partial charge is 0.392 e. The molecule has 1 heterocycles. The quantitative estimate of drug-likeness (QED) is 0.792. The van der Waals surface area contributed by atoms with Crippen LogP contribution in [0.4, 0.5) is 0 Å². The fraction of sp³-hybridized carbons (Fsp3) is 0.867. The van der Waals surface area contributed by atoms with E-state index in [0.717, 1.165) is 44.9 Å². The number of rotatable bonds is 2. The number of hydrogen-bond donors (Lipinski definition) is 1. The third-order valence-electron chi connectivity index (χ3n) is 5.33. The number of morpholine rings is 1. The molecule has 2 saturated carbocycles. The van der Waals surface area contributed by atoms with Crippen LogP contribution in [0.25, 0.3) is 0 Å². The number of thiocarbonyl (C=S) groups is 1. The topological polar surface area (TPSA) is 55.6 Å². The smallest absolute Gasteiger partial charge is 0.236 e. The summed E-state index contributed by atoms with van der Waals surface area (Å²) in [6, 6.07) is 0.254. The SMILES string of the molecule is NC(=S)C1(C(=O)N2CCOC3CCCC32)CCCCC1. The summed E-state index contributed by atoms with van der Waals surface area (Å²) in [6.45, 7) is 1.35. The van der Waals surface area contributed by atoms with Crippen molar-refractivity contribution in [1.82, 2.24) is 4.90 Å². The minimum absolute atomic E-state index is 0.185. The van der Waals surface area contributed by atoms with Crippen molar-refractivity contribution in [2.24, 2.45) is 11.1 Å². The molecule has 3 aliphatic rings. The zero-order valence-electron chi connectivity index (χ0n) is 12.0. The Morgan fingerprint density at radius 1 is 1.20 bits per heavy atom. The number of ether oxygens (including phenoxy) is 1. The molecule has 0 aromatic carbocycles. The Kier molecular flexibility index (Phi) is 4.00. The molecule has 2 unspecified atom stereocenters. The van der Waals surface area contributed by atoms with Crippen molar-refractivity contribution in [3.8, 4) is 0 Å². The summed E-state index contributed by atoms with van der Waals surface area (Å²) in [5, 5.41) is 0. The molecule has 0 bridgehead atoms. The molecule has 1 aliphatic heterocycles. The van der Waals surface area contributed by atoms with Gasteiger partial charge in [-0.2, -0.15) is 0 Å². The van der Waals surface area contributed by atoms with Crippen LogP contribution < -0.4 is 5.73 Å². The first-order valence-electron chi connectivity index (χ1n) is 7.88. The second-order valence-electron chi connectivity index (χ2n) is 6.41. The standard InChI is InChI=1S/C15H24N2O2S/c16-13(20)15(7-2-1-3-8-15)14(18)17-9-10-19-12-6-4-5-11(12)17/h11-12H,1-10H2,(H2,16,20). The Labute approximate surface area is 126 Å². The highest BCUT2D eigenvalue weighted by Crippen LogP contribution is 2.41. The molecule has 2 aliphatic carbocycles. The first-order chi connectivity index (χ1) is 9.65. The lowest BCUT2D eigenvalue weighted by atomic mass is 9.72. The number of nitrogens with two attached hydrogens (primary N) is 1. The van der Waals surface area contributed by atoms with Gasteiger partial charge in [-0.3, -0.25) is 4.79 Å². The van der Waals surface area contributed by atoms with E-state index in [-0.39, 0.29) is 18.1 Å². The zero-order valence-corrected chi connectivity index (χ0v) is 12.8. The molecule has 2 N–H and O–H groups in total. The van der Waals surface area contributed by atoms with Crippen LogP contribution >= 0.6 is 12.2 Å². The number of carbonyl (C=O) groups is 1. The maximum atomic E-state index is 13.2. The molecule has 4 nitrogen and oxygen atoms in total. The Balaban J connectivity index is 1.83. The normalized spacial score (nSPS) is 32.7. The van der Waals surface area contributed by atoms with E-state index >= 15 is 0 Å². The van der Waals surface area contributed by atoms with Gasteiger partial charge >= 0.3 is 0 Å². The van der Waals surface area contributed by atoms with Crippen molar-refractivity contribution in [2.45, 2.75) is 63.5 Å².